The second-order valence-electron chi connectivity index (χ2n) is 4.23. The van der Waals surface area contributed by atoms with E-state index in [1.165, 1.54) is 5.69 Å². The summed E-state index contributed by atoms with van der Waals surface area (Å²) in [6.07, 6.45) is 4.13. The van der Waals surface area contributed by atoms with Gasteiger partial charge < -0.3 is 10.0 Å². The number of hydrogen-bond donors (Lipinski definition) is 1. The molecule has 0 aliphatic carbocycles. The fourth-order valence-electron chi connectivity index (χ4n) is 1.51. The number of aromatic nitrogens is 2. The summed E-state index contributed by atoms with van der Waals surface area (Å²) in [5, 5.41) is 13.8. The zero-order valence-corrected chi connectivity index (χ0v) is 9.85. The third-order valence-corrected chi connectivity index (χ3v) is 2.57. The Labute approximate surface area is 91.5 Å². The van der Waals surface area contributed by atoms with E-state index in [1.54, 1.807) is 6.20 Å². The Morgan fingerprint density at radius 1 is 1.47 bits per heavy atom. The Kier molecular flexibility index (Phi) is 4.78. The molecule has 1 aromatic rings. The highest BCUT2D eigenvalue weighted by Crippen LogP contribution is 2.06. The lowest BCUT2D eigenvalue weighted by Crippen LogP contribution is -2.20. The van der Waals surface area contributed by atoms with E-state index in [0.29, 0.717) is 0 Å². The van der Waals surface area contributed by atoms with Crippen LogP contribution in [0, 0.1) is 0 Å². The normalized spacial score (nSPS) is 13.4. The van der Waals surface area contributed by atoms with E-state index >= 15 is 0 Å². The SMILES string of the molecule is CN(C)CCC(O)CCc1ccnn1C. The average Bonchev–Trinajstić information content (AvgIpc) is 2.58. The van der Waals surface area contributed by atoms with E-state index in [2.05, 4.69) is 10.00 Å². The predicted octanol–water partition coefficient (Wildman–Crippen LogP) is 0.665. The van der Waals surface area contributed by atoms with Crippen LogP contribution in [0.5, 0.6) is 0 Å². The van der Waals surface area contributed by atoms with Crippen LogP contribution in [0.15, 0.2) is 12.3 Å². The molecule has 1 atom stereocenters. The summed E-state index contributed by atoms with van der Waals surface area (Å²) in [6.45, 7) is 0.937. The molecule has 4 heteroatoms. The van der Waals surface area contributed by atoms with Crippen molar-refractivity contribution in [1.82, 2.24) is 14.7 Å². The van der Waals surface area contributed by atoms with Gasteiger partial charge in [-0.3, -0.25) is 4.68 Å². The molecule has 15 heavy (non-hydrogen) atoms. The third-order valence-electron chi connectivity index (χ3n) is 2.57. The molecule has 1 rings (SSSR count). The third kappa shape index (κ3) is 4.44. The van der Waals surface area contributed by atoms with Crippen molar-refractivity contribution in [3.8, 4) is 0 Å². The van der Waals surface area contributed by atoms with E-state index in [4.69, 9.17) is 0 Å². The van der Waals surface area contributed by atoms with Crippen LogP contribution in [-0.2, 0) is 13.5 Å². The first kappa shape index (κ1) is 12.2. The Morgan fingerprint density at radius 2 is 2.20 bits per heavy atom. The maximum Gasteiger partial charge on any atom is 0.0556 e. The van der Waals surface area contributed by atoms with Gasteiger partial charge in [0.25, 0.3) is 0 Å². The molecule has 0 fully saturated rings. The quantitative estimate of drug-likeness (QED) is 0.752. The molecule has 1 unspecified atom stereocenters. The highest BCUT2D eigenvalue weighted by atomic mass is 16.3. The predicted molar refractivity (Wildman–Crippen MR) is 60.7 cm³/mol. The van der Waals surface area contributed by atoms with Gasteiger partial charge in [0.15, 0.2) is 0 Å². The van der Waals surface area contributed by atoms with Crippen LogP contribution in [0.2, 0.25) is 0 Å². The smallest absolute Gasteiger partial charge is 0.0556 e. The Balaban J connectivity index is 2.22. The molecular formula is C11H21N3O. The molecule has 0 amide bonds. The van der Waals surface area contributed by atoms with E-state index in [0.717, 1.165) is 25.8 Å². The molecule has 0 spiro atoms. The summed E-state index contributed by atoms with van der Waals surface area (Å²) in [5.74, 6) is 0. The molecule has 0 bridgehead atoms. The maximum absolute atomic E-state index is 9.73. The Bertz CT molecular complexity index is 283. The minimum Gasteiger partial charge on any atom is -0.393 e. The van der Waals surface area contributed by atoms with Gasteiger partial charge in [0, 0.05) is 18.9 Å². The number of aliphatic hydroxyl groups excluding tert-OH is 1. The number of aliphatic hydroxyl groups is 1. The van der Waals surface area contributed by atoms with E-state index < -0.39 is 0 Å². The summed E-state index contributed by atoms with van der Waals surface area (Å²) in [5.41, 5.74) is 1.18. The van der Waals surface area contributed by atoms with Crippen LogP contribution in [-0.4, -0.2) is 46.5 Å². The highest BCUT2D eigenvalue weighted by Gasteiger charge is 2.06. The number of aryl methyl sites for hydroxylation is 2. The first-order valence-electron chi connectivity index (χ1n) is 5.39. The van der Waals surface area contributed by atoms with Gasteiger partial charge >= 0.3 is 0 Å². The van der Waals surface area contributed by atoms with Gasteiger partial charge in [-0.15, -0.1) is 0 Å². The van der Waals surface area contributed by atoms with Crippen molar-refractivity contribution in [3.05, 3.63) is 18.0 Å². The Hall–Kier alpha value is -0.870. The molecule has 0 radical (unpaired) electrons. The van der Waals surface area contributed by atoms with Gasteiger partial charge in [-0.25, -0.2) is 0 Å². The van der Waals surface area contributed by atoms with Crippen LogP contribution in [0.3, 0.4) is 0 Å². The van der Waals surface area contributed by atoms with Crippen LogP contribution < -0.4 is 0 Å². The van der Waals surface area contributed by atoms with Crippen LogP contribution in [0.1, 0.15) is 18.5 Å². The van der Waals surface area contributed by atoms with Gasteiger partial charge in [-0.2, -0.15) is 5.10 Å². The monoisotopic (exact) mass is 211 g/mol. The molecule has 0 aromatic carbocycles. The van der Waals surface area contributed by atoms with Crippen molar-refractivity contribution >= 4 is 0 Å². The number of rotatable bonds is 6. The molecule has 0 aliphatic heterocycles. The van der Waals surface area contributed by atoms with Crippen molar-refractivity contribution in [2.75, 3.05) is 20.6 Å². The minimum atomic E-state index is -0.206. The molecule has 0 saturated carbocycles. The van der Waals surface area contributed by atoms with Crippen molar-refractivity contribution in [2.45, 2.75) is 25.4 Å². The molecule has 86 valence electrons. The first-order valence-corrected chi connectivity index (χ1v) is 5.39. The zero-order chi connectivity index (χ0) is 11.3. The van der Waals surface area contributed by atoms with Gasteiger partial charge in [-0.1, -0.05) is 0 Å². The summed E-state index contributed by atoms with van der Waals surface area (Å²) < 4.78 is 1.86. The minimum absolute atomic E-state index is 0.206. The second kappa shape index (κ2) is 5.88. The summed E-state index contributed by atoms with van der Waals surface area (Å²) in [4.78, 5) is 2.09. The van der Waals surface area contributed by atoms with Crippen LogP contribution in [0.4, 0.5) is 0 Å². The first-order chi connectivity index (χ1) is 7.09. The van der Waals surface area contributed by atoms with Crippen LogP contribution >= 0.6 is 0 Å². The maximum atomic E-state index is 9.73. The van der Waals surface area contributed by atoms with E-state index in [1.807, 2.05) is 31.9 Å². The van der Waals surface area contributed by atoms with Gasteiger partial charge in [-0.05, 0) is 46.0 Å². The van der Waals surface area contributed by atoms with Crippen LogP contribution in [0.25, 0.3) is 0 Å². The lowest BCUT2D eigenvalue weighted by atomic mass is 10.1. The fraction of sp³-hybridized carbons (Fsp3) is 0.727. The van der Waals surface area contributed by atoms with E-state index in [9.17, 15) is 5.11 Å². The Morgan fingerprint density at radius 3 is 2.73 bits per heavy atom. The summed E-state index contributed by atoms with van der Waals surface area (Å²) in [7, 11) is 5.98. The van der Waals surface area contributed by atoms with Crippen molar-refractivity contribution < 1.29 is 5.11 Å². The standard InChI is InChI=1S/C11H21N3O/c1-13(2)9-7-11(15)5-4-10-6-8-12-14(10)3/h6,8,11,15H,4-5,7,9H2,1-3H3. The summed E-state index contributed by atoms with van der Waals surface area (Å²) in [6, 6.07) is 2.00. The molecule has 4 nitrogen and oxygen atoms in total. The summed E-state index contributed by atoms with van der Waals surface area (Å²) >= 11 is 0. The lowest BCUT2D eigenvalue weighted by Gasteiger charge is -2.14. The molecule has 0 saturated heterocycles. The zero-order valence-electron chi connectivity index (χ0n) is 9.85. The average molecular weight is 211 g/mol. The number of nitrogens with zero attached hydrogens (tertiary/aromatic N) is 3. The largest absolute Gasteiger partial charge is 0.393 e. The van der Waals surface area contributed by atoms with Crippen molar-refractivity contribution in [2.24, 2.45) is 7.05 Å². The van der Waals surface area contributed by atoms with Gasteiger partial charge in [0.1, 0.15) is 0 Å². The topological polar surface area (TPSA) is 41.3 Å². The lowest BCUT2D eigenvalue weighted by molar-refractivity contribution is 0.142. The van der Waals surface area contributed by atoms with Crippen molar-refractivity contribution in [1.29, 1.82) is 0 Å². The molecular weight excluding hydrogens is 190 g/mol. The second-order valence-corrected chi connectivity index (χ2v) is 4.23. The van der Waals surface area contributed by atoms with E-state index in [-0.39, 0.29) is 6.10 Å². The molecule has 1 N–H and O–H groups in total. The fourth-order valence-corrected chi connectivity index (χ4v) is 1.51. The molecule has 1 heterocycles. The van der Waals surface area contributed by atoms with Gasteiger partial charge in [0.2, 0.25) is 0 Å². The number of hydrogen-bond acceptors (Lipinski definition) is 3. The highest BCUT2D eigenvalue weighted by molar-refractivity contribution is 5.00. The molecule has 0 aliphatic rings. The molecule has 1 aromatic heterocycles. The van der Waals surface area contributed by atoms with Gasteiger partial charge in [0.05, 0.1) is 6.10 Å². The van der Waals surface area contributed by atoms with Crippen molar-refractivity contribution in [3.63, 3.8) is 0 Å².